The summed E-state index contributed by atoms with van der Waals surface area (Å²) in [6.07, 6.45) is -2.54. The lowest BCUT2D eigenvalue weighted by Crippen LogP contribution is -2.36. The van der Waals surface area contributed by atoms with Gasteiger partial charge in [-0.3, -0.25) is 19.2 Å². The monoisotopic (exact) mass is 630 g/mol. The minimum absolute atomic E-state index is 0.132. The molecule has 0 saturated carbocycles. The molecule has 4 aliphatic rings. The summed E-state index contributed by atoms with van der Waals surface area (Å²) in [7, 11) is 0. The molecule has 9 rings (SSSR count). The topological polar surface area (TPSA) is 86.7 Å². The van der Waals surface area contributed by atoms with E-state index in [2.05, 4.69) is 0 Å². The first-order chi connectivity index (χ1) is 23.5. The van der Waals surface area contributed by atoms with Gasteiger partial charge in [0.15, 0.2) is 23.1 Å². The molecule has 0 radical (unpaired) electrons. The van der Waals surface area contributed by atoms with E-state index in [1.165, 1.54) is 0 Å². The SMILES string of the molecule is O=C(c1ccccc1)[C@@H]1[C@H](C(=O)c2ccccc2)[C@@H]2O[C@@H]1c1cc3c(cc12)[C@H]1O[C@@H]3[C@H](C(=O)c2ccccc2)[C@@H]1C(=O)c1ccccc1. The van der Waals surface area contributed by atoms with Crippen molar-refractivity contribution in [3.8, 4) is 0 Å². The van der Waals surface area contributed by atoms with E-state index >= 15 is 0 Å². The van der Waals surface area contributed by atoms with Crippen LogP contribution in [0.5, 0.6) is 0 Å². The summed E-state index contributed by atoms with van der Waals surface area (Å²) in [6, 6.07) is 40.2. The largest absolute Gasteiger partial charge is 0.364 e. The molecule has 0 aliphatic carbocycles. The molecule has 8 atom stereocenters. The predicted molar refractivity (Wildman–Crippen MR) is 177 cm³/mol. The number of hydrogen-bond donors (Lipinski definition) is 0. The minimum Gasteiger partial charge on any atom is -0.364 e. The third-order valence-corrected chi connectivity index (χ3v) is 10.6. The van der Waals surface area contributed by atoms with Crippen LogP contribution in [0.3, 0.4) is 0 Å². The van der Waals surface area contributed by atoms with E-state index < -0.39 is 48.1 Å². The molecule has 4 heterocycles. The van der Waals surface area contributed by atoms with Crippen LogP contribution >= 0.6 is 0 Å². The molecule has 0 aromatic heterocycles. The fourth-order valence-corrected chi connectivity index (χ4v) is 8.51. The van der Waals surface area contributed by atoms with Gasteiger partial charge in [-0.15, -0.1) is 0 Å². The molecule has 0 unspecified atom stereocenters. The fourth-order valence-electron chi connectivity index (χ4n) is 8.51. The van der Waals surface area contributed by atoms with Gasteiger partial charge in [-0.1, -0.05) is 121 Å². The quantitative estimate of drug-likeness (QED) is 0.162. The summed E-state index contributed by atoms with van der Waals surface area (Å²) in [5.41, 5.74) is 5.51. The van der Waals surface area contributed by atoms with Crippen molar-refractivity contribution in [3.63, 3.8) is 0 Å². The van der Waals surface area contributed by atoms with E-state index in [1.54, 1.807) is 48.5 Å². The Morgan fingerprint density at radius 3 is 0.750 bits per heavy atom. The standard InChI is InChI=1S/C42H30O6/c43-35(23-13-5-1-6-14-23)31-32(36(44)24-15-7-2-8-16-24)40-28-22-30-29(21-27(28)39(31)47-40)41-33(37(45)25-17-9-3-10-18-25)34(42(30)48-41)38(46)26-19-11-4-12-20-26/h1-22,31-34,39-42H/t31-,32+,33-,34+,39-,40-,41-,42+/m1/s1. The fraction of sp³-hybridized carbons (Fsp3) is 0.190. The average molecular weight is 631 g/mol. The van der Waals surface area contributed by atoms with Gasteiger partial charge in [-0.05, 0) is 34.4 Å². The van der Waals surface area contributed by atoms with Crippen molar-refractivity contribution in [2.24, 2.45) is 23.7 Å². The zero-order valence-corrected chi connectivity index (χ0v) is 25.8. The highest BCUT2D eigenvalue weighted by atomic mass is 16.5. The second kappa shape index (κ2) is 11.2. The van der Waals surface area contributed by atoms with Crippen LogP contribution in [0.4, 0.5) is 0 Å². The molecule has 6 heteroatoms. The van der Waals surface area contributed by atoms with E-state index in [1.807, 2.05) is 84.9 Å². The summed E-state index contributed by atoms with van der Waals surface area (Å²) in [5.74, 6) is -3.40. The van der Waals surface area contributed by atoms with Crippen LogP contribution in [0.1, 0.15) is 88.1 Å². The van der Waals surface area contributed by atoms with Crippen LogP contribution < -0.4 is 0 Å². The van der Waals surface area contributed by atoms with Gasteiger partial charge < -0.3 is 9.47 Å². The summed E-state index contributed by atoms with van der Waals surface area (Å²) < 4.78 is 13.2. The normalized spacial score (nSPS) is 27.3. The number of carbonyl (C=O) groups is 4. The highest BCUT2D eigenvalue weighted by molar-refractivity contribution is 6.07. The molecule has 234 valence electrons. The smallest absolute Gasteiger partial charge is 0.169 e. The van der Waals surface area contributed by atoms with Gasteiger partial charge in [0.05, 0.1) is 48.1 Å². The Bertz CT molecular complexity index is 1790. The third kappa shape index (κ3) is 4.26. The molecular weight excluding hydrogens is 600 g/mol. The molecule has 4 aliphatic heterocycles. The minimum atomic E-state index is -0.718. The average Bonchev–Trinajstić information content (AvgIpc) is 3.92. The number of rotatable bonds is 8. The maximum absolute atomic E-state index is 14.2. The van der Waals surface area contributed by atoms with Crippen LogP contribution in [0.15, 0.2) is 133 Å². The number of carbonyl (C=O) groups excluding carboxylic acids is 4. The number of benzene rings is 5. The van der Waals surface area contributed by atoms with Gasteiger partial charge in [0, 0.05) is 22.3 Å². The van der Waals surface area contributed by atoms with Crippen molar-refractivity contribution in [2.75, 3.05) is 0 Å². The summed E-state index contributed by atoms with van der Waals surface area (Å²) in [6.45, 7) is 0. The highest BCUT2D eigenvalue weighted by Gasteiger charge is 2.62. The van der Waals surface area contributed by atoms with Crippen molar-refractivity contribution in [3.05, 3.63) is 178 Å². The first-order valence-corrected chi connectivity index (χ1v) is 16.4. The number of Topliss-reactive ketones (excluding diaryl/α,β-unsaturated/α-hetero) is 4. The molecule has 0 amide bonds. The molecule has 6 nitrogen and oxygen atoms in total. The molecule has 48 heavy (non-hydrogen) atoms. The Balaban J connectivity index is 1.16. The van der Waals surface area contributed by atoms with Crippen molar-refractivity contribution < 1.29 is 28.7 Å². The third-order valence-electron chi connectivity index (χ3n) is 10.6. The Hall–Kier alpha value is -5.30. The van der Waals surface area contributed by atoms with E-state index in [0.717, 1.165) is 22.3 Å². The lowest BCUT2D eigenvalue weighted by Gasteiger charge is -2.32. The van der Waals surface area contributed by atoms with Crippen molar-refractivity contribution in [1.29, 1.82) is 0 Å². The van der Waals surface area contributed by atoms with Crippen LogP contribution in [-0.4, -0.2) is 23.1 Å². The lowest BCUT2D eigenvalue weighted by atomic mass is 9.66. The van der Waals surface area contributed by atoms with E-state index in [-0.39, 0.29) is 23.1 Å². The predicted octanol–water partition coefficient (Wildman–Crippen LogP) is 7.94. The van der Waals surface area contributed by atoms with Gasteiger partial charge in [0.2, 0.25) is 0 Å². The van der Waals surface area contributed by atoms with Gasteiger partial charge >= 0.3 is 0 Å². The van der Waals surface area contributed by atoms with Gasteiger partial charge in [-0.2, -0.15) is 0 Å². The molecular formula is C42H30O6. The first-order valence-electron chi connectivity index (χ1n) is 16.4. The van der Waals surface area contributed by atoms with Gasteiger partial charge in [0.1, 0.15) is 0 Å². The van der Waals surface area contributed by atoms with Crippen LogP contribution in [0.2, 0.25) is 0 Å². The Kier molecular flexibility index (Phi) is 6.71. The zero-order chi connectivity index (χ0) is 32.5. The van der Waals surface area contributed by atoms with Crippen molar-refractivity contribution in [2.45, 2.75) is 24.4 Å². The second-order valence-electron chi connectivity index (χ2n) is 13.1. The Morgan fingerprint density at radius 1 is 0.333 bits per heavy atom. The van der Waals surface area contributed by atoms with Crippen LogP contribution in [-0.2, 0) is 9.47 Å². The molecule has 2 saturated heterocycles. The van der Waals surface area contributed by atoms with Crippen LogP contribution in [0.25, 0.3) is 0 Å². The van der Waals surface area contributed by atoms with Crippen molar-refractivity contribution >= 4 is 23.1 Å². The molecule has 5 aromatic carbocycles. The lowest BCUT2D eigenvalue weighted by molar-refractivity contribution is 0.0476. The number of fused-ring (bicyclic) bond motifs is 10. The molecule has 4 bridgehead atoms. The van der Waals surface area contributed by atoms with Crippen molar-refractivity contribution in [1.82, 2.24) is 0 Å². The van der Waals surface area contributed by atoms with Crippen LogP contribution in [0, 0.1) is 23.7 Å². The Labute approximate surface area is 277 Å². The summed E-state index contributed by atoms with van der Waals surface area (Å²) in [4.78, 5) is 56.7. The number of ketones is 4. The molecule has 0 N–H and O–H groups in total. The van der Waals surface area contributed by atoms with E-state index in [9.17, 15) is 19.2 Å². The van der Waals surface area contributed by atoms with Gasteiger partial charge in [-0.25, -0.2) is 0 Å². The maximum Gasteiger partial charge on any atom is 0.169 e. The molecule has 5 aromatic rings. The molecule has 0 spiro atoms. The highest BCUT2D eigenvalue weighted by Crippen LogP contribution is 2.64. The molecule has 2 fully saturated rings. The number of hydrogen-bond acceptors (Lipinski definition) is 6. The summed E-state index contributed by atoms with van der Waals surface area (Å²) in [5, 5.41) is 0. The van der Waals surface area contributed by atoms with E-state index in [4.69, 9.17) is 9.47 Å². The maximum atomic E-state index is 14.2. The second-order valence-corrected chi connectivity index (χ2v) is 13.1. The van der Waals surface area contributed by atoms with Gasteiger partial charge in [0.25, 0.3) is 0 Å². The number of ether oxygens (including phenoxy) is 2. The Morgan fingerprint density at radius 2 is 0.542 bits per heavy atom. The summed E-state index contributed by atoms with van der Waals surface area (Å²) >= 11 is 0. The zero-order valence-electron chi connectivity index (χ0n) is 25.8. The first kappa shape index (κ1) is 28.9. The van der Waals surface area contributed by atoms with E-state index in [0.29, 0.717) is 22.3 Å².